The predicted octanol–water partition coefficient (Wildman–Crippen LogP) is 4.84. The largest absolute Gasteiger partial charge is 0.372 e. The van der Waals surface area contributed by atoms with E-state index in [2.05, 4.69) is 0 Å². The summed E-state index contributed by atoms with van der Waals surface area (Å²) >= 11 is 6.05. The molecule has 2 atom stereocenters. The van der Waals surface area contributed by atoms with Gasteiger partial charge in [-0.1, -0.05) is 41.9 Å². The summed E-state index contributed by atoms with van der Waals surface area (Å²) in [6.07, 6.45) is 5.47. The lowest BCUT2D eigenvalue weighted by atomic mass is 10.1. The maximum atomic E-state index is 12.8. The van der Waals surface area contributed by atoms with Crippen LogP contribution in [0.25, 0.3) is 23.0 Å². The van der Waals surface area contributed by atoms with Crippen molar-refractivity contribution in [3.8, 4) is 16.9 Å². The van der Waals surface area contributed by atoms with Crippen molar-refractivity contribution < 1.29 is 9.53 Å². The molecule has 1 fully saturated rings. The van der Waals surface area contributed by atoms with Gasteiger partial charge in [0.05, 0.1) is 23.6 Å². The Morgan fingerprint density at radius 1 is 1.07 bits per heavy atom. The Balaban J connectivity index is 1.65. The molecule has 5 nitrogen and oxygen atoms in total. The normalized spacial score (nSPS) is 19.4. The van der Waals surface area contributed by atoms with Crippen molar-refractivity contribution in [2.24, 2.45) is 0 Å². The number of ether oxygens (including phenoxy) is 1. The van der Waals surface area contributed by atoms with E-state index in [9.17, 15) is 4.79 Å². The van der Waals surface area contributed by atoms with Crippen LogP contribution in [-0.4, -0.2) is 45.9 Å². The molecule has 1 amide bonds. The van der Waals surface area contributed by atoms with Crippen LogP contribution in [0.3, 0.4) is 0 Å². The van der Waals surface area contributed by atoms with Crippen LogP contribution in [0, 0.1) is 0 Å². The van der Waals surface area contributed by atoms with E-state index >= 15 is 0 Å². The number of halogens is 1. The fraction of sp³-hybridized carbons (Fsp3) is 0.250. The lowest BCUT2D eigenvalue weighted by molar-refractivity contribution is -0.137. The average molecular weight is 422 g/mol. The highest BCUT2D eigenvalue weighted by molar-refractivity contribution is 6.30. The van der Waals surface area contributed by atoms with E-state index in [0.29, 0.717) is 18.1 Å². The number of carbonyl (C=O) groups excluding carboxylic acids is 1. The SMILES string of the molecule is CC1CN(C(=O)C=Cc2cn(-c3ccccc3)nc2-c2ccc(Cl)cc2)CC(C)O1. The second-order valence-corrected chi connectivity index (χ2v) is 7.99. The number of benzene rings is 2. The average Bonchev–Trinajstić information content (AvgIpc) is 3.17. The van der Waals surface area contributed by atoms with Crippen LogP contribution in [0.15, 0.2) is 66.9 Å². The number of hydrogen-bond acceptors (Lipinski definition) is 3. The van der Waals surface area contributed by atoms with Gasteiger partial charge in [-0.15, -0.1) is 0 Å². The third-order valence-electron chi connectivity index (χ3n) is 5.02. The van der Waals surface area contributed by atoms with Gasteiger partial charge >= 0.3 is 0 Å². The van der Waals surface area contributed by atoms with Crippen LogP contribution in [0.5, 0.6) is 0 Å². The summed E-state index contributed by atoms with van der Waals surface area (Å²) < 4.78 is 7.55. The zero-order valence-electron chi connectivity index (χ0n) is 17.0. The fourth-order valence-electron chi connectivity index (χ4n) is 3.68. The van der Waals surface area contributed by atoms with Gasteiger partial charge in [-0.05, 0) is 44.2 Å². The third-order valence-corrected chi connectivity index (χ3v) is 5.27. The van der Waals surface area contributed by atoms with E-state index in [1.54, 1.807) is 6.08 Å². The molecule has 2 aromatic carbocycles. The Bertz CT molecular complexity index is 1030. The fourth-order valence-corrected chi connectivity index (χ4v) is 3.80. The Labute approximate surface area is 181 Å². The second-order valence-electron chi connectivity index (χ2n) is 7.55. The Hall–Kier alpha value is -2.89. The number of morpholine rings is 1. The Morgan fingerprint density at radius 3 is 2.40 bits per heavy atom. The van der Waals surface area contributed by atoms with Crippen molar-refractivity contribution >= 4 is 23.6 Å². The molecule has 2 unspecified atom stereocenters. The molecule has 154 valence electrons. The molecule has 0 bridgehead atoms. The topological polar surface area (TPSA) is 47.4 Å². The number of para-hydroxylation sites is 1. The zero-order chi connectivity index (χ0) is 21.1. The second kappa shape index (κ2) is 8.86. The number of rotatable bonds is 4. The summed E-state index contributed by atoms with van der Waals surface area (Å²) in [4.78, 5) is 14.6. The summed E-state index contributed by atoms with van der Waals surface area (Å²) in [5.74, 6) is -0.0217. The quantitative estimate of drug-likeness (QED) is 0.566. The van der Waals surface area contributed by atoms with Crippen LogP contribution < -0.4 is 0 Å². The van der Waals surface area contributed by atoms with E-state index in [-0.39, 0.29) is 18.1 Å². The summed E-state index contributed by atoms with van der Waals surface area (Å²) in [5, 5.41) is 5.44. The van der Waals surface area contributed by atoms with Crippen LogP contribution in [0.1, 0.15) is 19.4 Å². The first-order valence-electron chi connectivity index (χ1n) is 10.0. The van der Waals surface area contributed by atoms with E-state index < -0.39 is 0 Å². The van der Waals surface area contributed by atoms with E-state index in [1.165, 1.54) is 0 Å². The minimum absolute atomic E-state index is 0.0217. The number of nitrogens with zero attached hydrogens (tertiary/aromatic N) is 3. The van der Waals surface area contributed by atoms with E-state index in [0.717, 1.165) is 22.5 Å². The molecule has 1 aliphatic rings. The predicted molar refractivity (Wildman–Crippen MR) is 120 cm³/mol. The van der Waals surface area contributed by atoms with Gasteiger partial charge in [0.2, 0.25) is 5.91 Å². The van der Waals surface area contributed by atoms with Gasteiger partial charge in [0.25, 0.3) is 0 Å². The van der Waals surface area contributed by atoms with E-state index in [4.69, 9.17) is 21.4 Å². The molecule has 1 aliphatic heterocycles. The molecule has 4 rings (SSSR count). The monoisotopic (exact) mass is 421 g/mol. The van der Waals surface area contributed by atoms with Crippen molar-refractivity contribution in [2.45, 2.75) is 26.1 Å². The van der Waals surface area contributed by atoms with Crippen molar-refractivity contribution in [3.63, 3.8) is 0 Å². The lowest BCUT2D eigenvalue weighted by Gasteiger charge is -2.34. The van der Waals surface area contributed by atoms with Gasteiger partial charge in [-0.3, -0.25) is 4.79 Å². The van der Waals surface area contributed by atoms with Gasteiger partial charge in [0.1, 0.15) is 0 Å². The summed E-state index contributed by atoms with van der Waals surface area (Å²) in [7, 11) is 0. The molecule has 6 heteroatoms. The number of aromatic nitrogens is 2. The first-order chi connectivity index (χ1) is 14.5. The molecule has 0 saturated carbocycles. The zero-order valence-corrected chi connectivity index (χ0v) is 17.8. The van der Waals surface area contributed by atoms with Crippen molar-refractivity contribution in [3.05, 3.63) is 77.5 Å². The summed E-state index contributed by atoms with van der Waals surface area (Å²) in [6.45, 7) is 5.17. The van der Waals surface area contributed by atoms with Crippen LogP contribution in [-0.2, 0) is 9.53 Å². The van der Waals surface area contributed by atoms with Crippen LogP contribution >= 0.6 is 11.6 Å². The highest BCUT2D eigenvalue weighted by atomic mass is 35.5. The van der Waals surface area contributed by atoms with Crippen molar-refractivity contribution in [2.75, 3.05) is 13.1 Å². The van der Waals surface area contributed by atoms with Crippen molar-refractivity contribution in [1.29, 1.82) is 0 Å². The number of hydrogen-bond donors (Lipinski definition) is 0. The van der Waals surface area contributed by atoms with E-state index in [1.807, 2.05) is 90.3 Å². The molecule has 1 aromatic heterocycles. The molecule has 30 heavy (non-hydrogen) atoms. The van der Waals surface area contributed by atoms with Gasteiger partial charge < -0.3 is 9.64 Å². The van der Waals surface area contributed by atoms with Crippen LogP contribution in [0.2, 0.25) is 5.02 Å². The number of amides is 1. The minimum Gasteiger partial charge on any atom is -0.372 e. The molecule has 0 N–H and O–H groups in total. The smallest absolute Gasteiger partial charge is 0.246 e. The van der Waals surface area contributed by atoms with Crippen LogP contribution in [0.4, 0.5) is 0 Å². The molecule has 0 aliphatic carbocycles. The molecule has 0 radical (unpaired) electrons. The highest BCUT2D eigenvalue weighted by Crippen LogP contribution is 2.26. The standard InChI is InChI=1S/C24H24ClN3O2/c1-17-14-27(15-18(2)30-17)23(29)13-10-20-16-28(22-6-4-3-5-7-22)26-24(20)19-8-11-21(25)12-9-19/h3-13,16-18H,14-15H2,1-2H3. The lowest BCUT2D eigenvalue weighted by Crippen LogP contribution is -2.47. The first-order valence-corrected chi connectivity index (χ1v) is 10.4. The minimum atomic E-state index is -0.0217. The maximum Gasteiger partial charge on any atom is 0.246 e. The number of carbonyl (C=O) groups is 1. The molecule has 3 aromatic rings. The van der Waals surface area contributed by atoms with Gasteiger partial charge in [-0.25, -0.2) is 4.68 Å². The highest BCUT2D eigenvalue weighted by Gasteiger charge is 2.24. The maximum absolute atomic E-state index is 12.8. The summed E-state index contributed by atoms with van der Waals surface area (Å²) in [5.41, 5.74) is 3.55. The first kappa shape index (κ1) is 20.4. The molecule has 1 saturated heterocycles. The molecular weight excluding hydrogens is 398 g/mol. The molecular formula is C24H24ClN3O2. The van der Waals surface area contributed by atoms with Gasteiger partial charge in [0, 0.05) is 41.5 Å². The van der Waals surface area contributed by atoms with Crippen molar-refractivity contribution in [1.82, 2.24) is 14.7 Å². The summed E-state index contributed by atoms with van der Waals surface area (Å²) in [6, 6.07) is 17.5. The molecule has 0 spiro atoms. The van der Waals surface area contributed by atoms with Gasteiger partial charge in [-0.2, -0.15) is 5.10 Å². The Kier molecular flexibility index (Phi) is 6.02. The molecule has 2 heterocycles. The third kappa shape index (κ3) is 4.64. The Morgan fingerprint density at radius 2 is 1.73 bits per heavy atom. The van der Waals surface area contributed by atoms with Gasteiger partial charge in [0.15, 0.2) is 0 Å².